The van der Waals surface area contributed by atoms with Crippen LogP contribution in [0.2, 0.25) is 0 Å². The summed E-state index contributed by atoms with van der Waals surface area (Å²) >= 11 is 5.39. The molecule has 0 amide bonds. The average molecular weight is 298 g/mol. The zero-order chi connectivity index (χ0) is 15.4. The van der Waals surface area contributed by atoms with Crippen molar-refractivity contribution in [1.82, 2.24) is 5.32 Å². The van der Waals surface area contributed by atoms with Crippen molar-refractivity contribution >= 4 is 23.0 Å². The van der Waals surface area contributed by atoms with Gasteiger partial charge < -0.3 is 10.6 Å². The zero-order valence-corrected chi connectivity index (χ0v) is 13.8. The monoisotopic (exact) mass is 298 g/mol. The van der Waals surface area contributed by atoms with Crippen LogP contribution in [0.3, 0.4) is 0 Å². The molecule has 1 atom stereocenters. The Morgan fingerprint density at radius 3 is 2.19 bits per heavy atom. The first-order valence-electron chi connectivity index (χ1n) is 7.17. The van der Waals surface area contributed by atoms with Crippen molar-refractivity contribution in [3.63, 3.8) is 0 Å². The number of hydrogen-bond acceptors (Lipinski definition) is 1. The highest BCUT2D eigenvalue weighted by atomic mass is 32.1. The maximum atomic E-state index is 5.39. The fraction of sp³-hybridized carbons (Fsp3) is 0.278. The van der Waals surface area contributed by atoms with E-state index in [9.17, 15) is 0 Å². The van der Waals surface area contributed by atoms with Crippen LogP contribution in [-0.4, -0.2) is 5.11 Å². The van der Waals surface area contributed by atoms with Gasteiger partial charge in [-0.15, -0.1) is 0 Å². The molecule has 0 aliphatic heterocycles. The first kappa shape index (κ1) is 15.5. The predicted molar refractivity (Wildman–Crippen MR) is 94.9 cm³/mol. The van der Waals surface area contributed by atoms with E-state index >= 15 is 0 Å². The Morgan fingerprint density at radius 1 is 0.952 bits per heavy atom. The summed E-state index contributed by atoms with van der Waals surface area (Å²) in [6, 6.07) is 14.9. The van der Waals surface area contributed by atoms with Crippen LogP contribution in [0.15, 0.2) is 42.5 Å². The van der Waals surface area contributed by atoms with Crippen LogP contribution in [0.1, 0.15) is 35.2 Å². The standard InChI is InChI=1S/C18H22N2S/c1-12-5-8-16(9-6-12)20-18(21)19-15(4)17-10-7-13(2)11-14(17)3/h5-11,15H,1-4H3,(H2,19,20,21)/t15-/m1/s1. The number of anilines is 1. The number of nitrogens with one attached hydrogen (secondary N) is 2. The van der Waals surface area contributed by atoms with Crippen molar-refractivity contribution in [2.75, 3.05) is 5.32 Å². The predicted octanol–water partition coefficient (Wildman–Crippen LogP) is 4.66. The van der Waals surface area contributed by atoms with Gasteiger partial charge in [0, 0.05) is 5.69 Å². The van der Waals surface area contributed by atoms with Crippen molar-refractivity contribution in [1.29, 1.82) is 0 Å². The van der Waals surface area contributed by atoms with E-state index in [4.69, 9.17) is 12.2 Å². The lowest BCUT2D eigenvalue weighted by atomic mass is 10.0. The van der Waals surface area contributed by atoms with Crippen LogP contribution in [0.25, 0.3) is 0 Å². The van der Waals surface area contributed by atoms with Gasteiger partial charge in [0.15, 0.2) is 5.11 Å². The Balaban J connectivity index is 2.00. The second-order valence-corrected chi connectivity index (χ2v) is 5.95. The summed E-state index contributed by atoms with van der Waals surface area (Å²) in [5, 5.41) is 7.21. The largest absolute Gasteiger partial charge is 0.356 e. The molecule has 0 fully saturated rings. The van der Waals surface area contributed by atoms with Crippen LogP contribution in [0.5, 0.6) is 0 Å². The number of thiocarbonyl (C=S) groups is 1. The van der Waals surface area contributed by atoms with E-state index in [1.54, 1.807) is 0 Å². The van der Waals surface area contributed by atoms with Gasteiger partial charge in [-0.1, -0.05) is 41.5 Å². The molecule has 3 heteroatoms. The van der Waals surface area contributed by atoms with Gasteiger partial charge in [0.2, 0.25) is 0 Å². The number of hydrogen-bond donors (Lipinski definition) is 2. The first-order valence-corrected chi connectivity index (χ1v) is 7.58. The maximum absolute atomic E-state index is 5.39. The Morgan fingerprint density at radius 2 is 1.57 bits per heavy atom. The molecule has 0 aromatic heterocycles. The minimum atomic E-state index is 0.177. The summed E-state index contributed by atoms with van der Waals surface area (Å²) < 4.78 is 0. The van der Waals surface area contributed by atoms with Gasteiger partial charge in [0.05, 0.1) is 6.04 Å². The van der Waals surface area contributed by atoms with Crippen molar-refractivity contribution in [3.8, 4) is 0 Å². The van der Waals surface area contributed by atoms with Gasteiger partial charge in [-0.2, -0.15) is 0 Å². The second kappa shape index (κ2) is 6.72. The van der Waals surface area contributed by atoms with Crippen molar-refractivity contribution < 1.29 is 0 Å². The van der Waals surface area contributed by atoms with E-state index in [2.05, 4.69) is 68.7 Å². The van der Waals surface area contributed by atoms with E-state index in [-0.39, 0.29) is 6.04 Å². The molecule has 2 aromatic rings. The number of aryl methyl sites for hydroxylation is 3. The minimum Gasteiger partial charge on any atom is -0.356 e. The number of benzene rings is 2. The van der Waals surface area contributed by atoms with E-state index < -0.39 is 0 Å². The molecule has 0 spiro atoms. The molecule has 0 bridgehead atoms. The summed E-state index contributed by atoms with van der Waals surface area (Å²) in [5.74, 6) is 0. The topological polar surface area (TPSA) is 24.1 Å². The molecule has 0 saturated heterocycles. The Bertz CT molecular complexity index is 632. The molecule has 2 rings (SSSR count). The highest BCUT2D eigenvalue weighted by Gasteiger charge is 2.09. The first-order chi connectivity index (χ1) is 9.95. The third-order valence-electron chi connectivity index (χ3n) is 3.55. The Labute approximate surface area is 132 Å². The molecule has 0 unspecified atom stereocenters. The quantitative estimate of drug-likeness (QED) is 0.806. The highest BCUT2D eigenvalue weighted by molar-refractivity contribution is 7.80. The van der Waals surface area contributed by atoms with Crippen LogP contribution in [0.4, 0.5) is 5.69 Å². The summed E-state index contributed by atoms with van der Waals surface area (Å²) in [7, 11) is 0. The number of rotatable bonds is 3. The van der Waals surface area contributed by atoms with Crippen LogP contribution >= 0.6 is 12.2 Å². The third-order valence-corrected chi connectivity index (χ3v) is 3.77. The lowest BCUT2D eigenvalue weighted by Crippen LogP contribution is -2.31. The van der Waals surface area contributed by atoms with Crippen molar-refractivity contribution in [2.24, 2.45) is 0 Å². The molecule has 0 heterocycles. The van der Waals surface area contributed by atoms with Crippen LogP contribution in [-0.2, 0) is 0 Å². The molecule has 2 aromatic carbocycles. The van der Waals surface area contributed by atoms with Gasteiger partial charge in [0.25, 0.3) is 0 Å². The van der Waals surface area contributed by atoms with E-state index in [1.807, 2.05) is 12.1 Å². The lowest BCUT2D eigenvalue weighted by Gasteiger charge is -2.19. The molecule has 2 nitrogen and oxygen atoms in total. The molecule has 110 valence electrons. The van der Waals surface area contributed by atoms with Gasteiger partial charge in [-0.25, -0.2) is 0 Å². The van der Waals surface area contributed by atoms with Crippen LogP contribution in [0, 0.1) is 20.8 Å². The maximum Gasteiger partial charge on any atom is 0.171 e. The molecular formula is C18H22N2S. The summed E-state index contributed by atoms with van der Waals surface area (Å²) in [6.07, 6.45) is 0. The molecule has 2 N–H and O–H groups in total. The second-order valence-electron chi connectivity index (χ2n) is 5.55. The van der Waals surface area contributed by atoms with Gasteiger partial charge in [0.1, 0.15) is 0 Å². The fourth-order valence-corrected chi connectivity index (χ4v) is 2.68. The Kier molecular flexibility index (Phi) is 4.97. The van der Waals surface area contributed by atoms with E-state index in [0.29, 0.717) is 5.11 Å². The van der Waals surface area contributed by atoms with Gasteiger partial charge in [-0.3, -0.25) is 0 Å². The lowest BCUT2D eigenvalue weighted by molar-refractivity contribution is 0.717. The van der Waals surface area contributed by atoms with Crippen molar-refractivity contribution in [3.05, 3.63) is 64.7 Å². The van der Waals surface area contributed by atoms with Gasteiger partial charge in [-0.05, 0) is 63.2 Å². The third kappa shape index (κ3) is 4.30. The summed E-state index contributed by atoms with van der Waals surface area (Å²) in [4.78, 5) is 0. The average Bonchev–Trinajstić information content (AvgIpc) is 2.41. The van der Waals surface area contributed by atoms with E-state index in [1.165, 1.54) is 22.3 Å². The Hall–Kier alpha value is -1.87. The molecule has 0 saturated carbocycles. The highest BCUT2D eigenvalue weighted by Crippen LogP contribution is 2.19. The molecule has 0 radical (unpaired) electrons. The van der Waals surface area contributed by atoms with Crippen LogP contribution < -0.4 is 10.6 Å². The summed E-state index contributed by atoms with van der Waals surface area (Å²) in [6.45, 7) is 8.44. The molecule has 21 heavy (non-hydrogen) atoms. The SMILES string of the molecule is Cc1ccc(NC(=S)N[C@H](C)c2ccc(C)cc2C)cc1. The fourth-order valence-electron chi connectivity index (χ4n) is 2.39. The smallest absolute Gasteiger partial charge is 0.171 e. The van der Waals surface area contributed by atoms with Crippen molar-refractivity contribution in [2.45, 2.75) is 33.7 Å². The molecule has 0 aliphatic carbocycles. The van der Waals surface area contributed by atoms with E-state index in [0.717, 1.165) is 5.69 Å². The molecular weight excluding hydrogens is 276 g/mol. The summed E-state index contributed by atoms with van der Waals surface area (Å²) in [5.41, 5.74) is 6.08. The normalized spacial score (nSPS) is 11.8. The van der Waals surface area contributed by atoms with Gasteiger partial charge >= 0.3 is 0 Å². The zero-order valence-electron chi connectivity index (χ0n) is 13.0. The minimum absolute atomic E-state index is 0.177. The molecule has 0 aliphatic rings.